The lowest BCUT2D eigenvalue weighted by atomic mass is 9.98. The number of hydrogen-bond acceptors (Lipinski definition) is 2. The minimum atomic E-state index is -4.81. The second kappa shape index (κ2) is 5.36. The van der Waals surface area contributed by atoms with E-state index in [1.54, 1.807) is 0 Å². The van der Waals surface area contributed by atoms with Gasteiger partial charge in [0, 0.05) is 12.6 Å². The average molecular weight is 332 g/mol. The molecule has 1 saturated heterocycles. The Morgan fingerprint density at radius 1 is 1.39 bits per heavy atom. The zero-order valence-electron chi connectivity index (χ0n) is 12.2. The molecule has 1 saturated carbocycles. The lowest BCUT2D eigenvalue weighted by molar-refractivity contribution is -0.140. The Morgan fingerprint density at radius 2 is 2.04 bits per heavy atom. The van der Waals surface area contributed by atoms with E-state index in [-0.39, 0.29) is 18.2 Å². The number of hydrogen-bond donors (Lipinski definition) is 2. The summed E-state index contributed by atoms with van der Waals surface area (Å²) in [7, 11) is 0. The van der Waals surface area contributed by atoms with Crippen molar-refractivity contribution in [1.29, 1.82) is 0 Å². The maximum atomic E-state index is 13.4. The molecule has 2 aliphatic rings. The van der Waals surface area contributed by atoms with Crippen LogP contribution in [0.4, 0.5) is 22.4 Å². The van der Waals surface area contributed by atoms with Crippen molar-refractivity contribution in [2.75, 3.05) is 13.1 Å². The van der Waals surface area contributed by atoms with E-state index in [1.807, 2.05) is 0 Å². The Balaban J connectivity index is 1.93. The molecule has 0 bridgehead atoms. The van der Waals surface area contributed by atoms with Gasteiger partial charge in [-0.1, -0.05) is 6.07 Å². The molecule has 2 fully saturated rings. The Hall–Kier alpha value is -1.83. The first-order valence-corrected chi connectivity index (χ1v) is 7.35. The lowest BCUT2D eigenvalue weighted by Gasteiger charge is -2.37. The van der Waals surface area contributed by atoms with Crippen molar-refractivity contribution in [2.24, 2.45) is 0 Å². The van der Waals surface area contributed by atoms with Gasteiger partial charge in [-0.05, 0) is 43.5 Å². The van der Waals surface area contributed by atoms with Crippen molar-refractivity contribution < 1.29 is 27.5 Å². The fourth-order valence-corrected chi connectivity index (χ4v) is 3.03. The Bertz CT molecular complexity index is 624. The third kappa shape index (κ3) is 2.87. The first-order valence-electron chi connectivity index (χ1n) is 7.35. The van der Waals surface area contributed by atoms with Crippen molar-refractivity contribution in [1.82, 2.24) is 10.2 Å². The highest BCUT2D eigenvalue weighted by atomic mass is 19.4. The van der Waals surface area contributed by atoms with Crippen LogP contribution in [0, 0.1) is 5.82 Å². The Kier molecular flexibility index (Phi) is 3.74. The first kappa shape index (κ1) is 16.0. The van der Waals surface area contributed by atoms with Crippen molar-refractivity contribution in [3.63, 3.8) is 0 Å². The number of nitrogens with zero attached hydrogens (tertiary/aromatic N) is 1. The fourth-order valence-electron chi connectivity index (χ4n) is 3.03. The van der Waals surface area contributed by atoms with Gasteiger partial charge in [0.1, 0.15) is 5.82 Å². The van der Waals surface area contributed by atoms with Gasteiger partial charge in [-0.2, -0.15) is 13.2 Å². The van der Waals surface area contributed by atoms with Gasteiger partial charge >= 0.3 is 12.3 Å². The SMILES string of the molecule is O=C(O)N(CC1CCN1)C1(c2ccc(F)c(C(F)(F)F)c2)CC1. The van der Waals surface area contributed by atoms with E-state index in [1.165, 1.54) is 11.0 Å². The summed E-state index contributed by atoms with van der Waals surface area (Å²) in [6, 6.07) is 2.78. The molecular formula is C15H16F4N2O2. The first-order chi connectivity index (χ1) is 10.7. The van der Waals surface area contributed by atoms with Gasteiger partial charge in [0.2, 0.25) is 0 Å². The molecule has 3 rings (SSSR count). The summed E-state index contributed by atoms with van der Waals surface area (Å²) >= 11 is 0. The van der Waals surface area contributed by atoms with Gasteiger partial charge in [-0.25, -0.2) is 9.18 Å². The van der Waals surface area contributed by atoms with Gasteiger partial charge in [0.15, 0.2) is 0 Å². The number of benzene rings is 1. The molecule has 1 amide bonds. The van der Waals surface area contributed by atoms with Crippen LogP contribution < -0.4 is 5.32 Å². The molecule has 1 aromatic carbocycles. The maximum Gasteiger partial charge on any atom is 0.419 e. The van der Waals surface area contributed by atoms with Gasteiger partial charge in [0.25, 0.3) is 0 Å². The second-order valence-corrected chi connectivity index (χ2v) is 6.06. The summed E-state index contributed by atoms with van der Waals surface area (Å²) in [5.41, 5.74) is -2.13. The lowest BCUT2D eigenvalue weighted by Crippen LogP contribution is -2.54. The summed E-state index contributed by atoms with van der Waals surface area (Å²) < 4.78 is 52.1. The van der Waals surface area contributed by atoms with Crippen LogP contribution in [0.5, 0.6) is 0 Å². The fraction of sp³-hybridized carbons (Fsp3) is 0.533. The van der Waals surface area contributed by atoms with Gasteiger partial charge < -0.3 is 10.4 Å². The normalized spacial score (nSPS) is 22.3. The van der Waals surface area contributed by atoms with E-state index < -0.39 is 29.2 Å². The molecule has 23 heavy (non-hydrogen) atoms. The largest absolute Gasteiger partial charge is 0.465 e. The van der Waals surface area contributed by atoms with Crippen molar-refractivity contribution in [2.45, 2.75) is 37.0 Å². The summed E-state index contributed by atoms with van der Waals surface area (Å²) in [5, 5.41) is 12.5. The molecule has 1 heterocycles. The highest BCUT2D eigenvalue weighted by molar-refractivity contribution is 5.68. The van der Waals surface area contributed by atoms with Crippen LogP contribution in [0.2, 0.25) is 0 Å². The van der Waals surface area contributed by atoms with Crippen LogP contribution >= 0.6 is 0 Å². The highest BCUT2D eigenvalue weighted by Gasteiger charge is 2.53. The number of alkyl halides is 3. The number of carbonyl (C=O) groups is 1. The smallest absolute Gasteiger partial charge is 0.419 e. The predicted molar refractivity (Wildman–Crippen MR) is 73.5 cm³/mol. The molecule has 1 aliphatic heterocycles. The van der Waals surface area contributed by atoms with Crippen molar-refractivity contribution >= 4 is 6.09 Å². The zero-order chi connectivity index (χ0) is 16.8. The molecule has 0 aromatic heterocycles. The number of carboxylic acid groups (broad SMARTS) is 1. The Morgan fingerprint density at radius 3 is 2.48 bits per heavy atom. The quantitative estimate of drug-likeness (QED) is 0.833. The van der Waals surface area contributed by atoms with Crippen LogP contribution in [0.15, 0.2) is 18.2 Å². The highest BCUT2D eigenvalue weighted by Crippen LogP contribution is 2.52. The molecule has 1 unspecified atom stereocenters. The predicted octanol–water partition coefficient (Wildman–Crippen LogP) is 3.18. The molecule has 2 N–H and O–H groups in total. The Labute approximate surface area is 130 Å². The summed E-state index contributed by atoms with van der Waals surface area (Å²) in [4.78, 5) is 12.8. The molecule has 126 valence electrons. The molecule has 1 atom stereocenters. The van der Waals surface area contributed by atoms with Crippen molar-refractivity contribution in [3.05, 3.63) is 35.1 Å². The van der Waals surface area contributed by atoms with Crippen LogP contribution in [0.3, 0.4) is 0 Å². The molecule has 0 radical (unpaired) electrons. The third-order valence-electron chi connectivity index (χ3n) is 4.61. The van der Waals surface area contributed by atoms with E-state index in [4.69, 9.17) is 0 Å². The average Bonchev–Trinajstić information content (AvgIpc) is 3.17. The third-order valence-corrected chi connectivity index (χ3v) is 4.61. The van der Waals surface area contributed by atoms with E-state index in [0.29, 0.717) is 12.8 Å². The number of halogens is 4. The summed E-state index contributed by atoms with van der Waals surface area (Å²) in [6.07, 6.45) is -4.27. The van der Waals surface area contributed by atoms with Gasteiger partial charge in [-0.15, -0.1) is 0 Å². The molecule has 1 aromatic rings. The van der Waals surface area contributed by atoms with Gasteiger partial charge in [-0.3, -0.25) is 4.90 Å². The van der Waals surface area contributed by atoms with E-state index in [9.17, 15) is 27.5 Å². The minimum Gasteiger partial charge on any atom is -0.465 e. The summed E-state index contributed by atoms with van der Waals surface area (Å²) in [5.74, 6) is -1.35. The van der Waals surface area contributed by atoms with E-state index in [2.05, 4.69) is 5.32 Å². The van der Waals surface area contributed by atoms with Crippen molar-refractivity contribution in [3.8, 4) is 0 Å². The minimum absolute atomic E-state index is 0.0195. The standard InChI is InChI=1S/C15H16F4N2O2/c16-12-2-1-9(7-11(12)15(17,18)19)14(4-5-14)21(13(22)23)8-10-3-6-20-10/h1-2,7,10,20H,3-6,8H2,(H,22,23). The van der Waals surface area contributed by atoms with E-state index >= 15 is 0 Å². The topological polar surface area (TPSA) is 52.6 Å². The summed E-state index contributed by atoms with van der Waals surface area (Å²) in [6.45, 7) is 1.02. The molecule has 4 nitrogen and oxygen atoms in total. The molecule has 0 spiro atoms. The van der Waals surface area contributed by atoms with Crippen LogP contribution in [0.1, 0.15) is 30.4 Å². The molecular weight excluding hydrogens is 316 g/mol. The maximum absolute atomic E-state index is 13.4. The molecule has 8 heteroatoms. The van der Waals surface area contributed by atoms with Crippen LogP contribution in [0.25, 0.3) is 0 Å². The van der Waals surface area contributed by atoms with Crippen LogP contribution in [-0.4, -0.2) is 35.2 Å². The monoisotopic (exact) mass is 332 g/mol. The zero-order valence-corrected chi connectivity index (χ0v) is 12.2. The number of nitrogens with one attached hydrogen (secondary N) is 1. The van der Waals surface area contributed by atoms with Crippen LogP contribution in [-0.2, 0) is 11.7 Å². The van der Waals surface area contributed by atoms with E-state index in [0.717, 1.165) is 25.1 Å². The number of rotatable bonds is 4. The number of amides is 1. The molecule has 1 aliphatic carbocycles. The second-order valence-electron chi connectivity index (χ2n) is 6.06. The van der Waals surface area contributed by atoms with Gasteiger partial charge in [0.05, 0.1) is 11.1 Å².